The van der Waals surface area contributed by atoms with Gasteiger partial charge in [-0.25, -0.2) is 14.4 Å². The average molecular weight is 483 g/mol. The number of hydrogen-bond acceptors (Lipinski definition) is 7. The van der Waals surface area contributed by atoms with Crippen molar-refractivity contribution in [1.29, 1.82) is 0 Å². The fraction of sp³-hybridized carbons (Fsp3) is 0.304. The van der Waals surface area contributed by atoms with E-state index in [1.54, 1.807) is 29.2 Å². The lowest BCUT2D eigenvalue weighted by atomic mass is 10.1. The van der Waals surface area contributed by atoms with Crippen LogP contribution in [0.25, 0.3) is 16.9 Å². The van der Waals surface area contributed by atoms with Gasteiger partial charge in [-0.1, -0.05) is 11.6 Å². The second-order valence-electron chi connectivity index (χ2n) is 8.35. The molecule has 0 amide bonds. The lowest BCUT2D eigenvalue weighted by molar-refractivity contribution is 0.0394. The molecule has 0 unspecified atom stereocenters. The molecule has 0 bridgehead atoms. The maximum Gasteiger partial charge on any atom is 0.263 e. The third-order valence-corrected chi connectivity index (χ3v) is 6.37. The van der Waals surface area contributed by atoms with Crippen molar-refractivity contribution < 1.29 is 13.9 Å². The molecule has 174 valence electrons. The highest BCUT2D eigenvalue weighted by Crippen LogP contribution is 2.31. The third kappa shape index (κ3) is 3.54. The van der Waals surface area contributed by atoms with E-state index in [1.807, 2.05) is 18.1 Å². The minimum Gasteiger partial charge on any atom is -0.370 e. The molecule has 2 aliphatic heterocycles. The molecular formula is C23H20ClFN6O3. The van der Waals surface area contributed by atoms with Gasteiger partial charge in [-0.3, -0.25) is 13.9 Å². The average Bonchev–Trinajstić information content (AvgIpc) is 3.48. The van der Waals surface area contributed by atoms with Crippen LogP contribution >= 0.6 is 11.6 Å². The first-order chi connectivity index (χ1) is 16.5. The van der Waals surface area contributed by atoms with Gasteiger partial charge in [0.15, 0.2) is 5.65 Å². The van der Waals surface area contributed by atoms with Crippen LogP contribution in [0.3, 0.4) is 0 Å². The second-order valence-corrected chi connectivity index (χ2v) is 8.79. The van der Waals surface area contributed by atoms with Crippen LogP contribution in [-0.2, 0) is 29.7 Å². The molecule has 34 heavy (non-hydrogen) atoms. The monoisotopic (exact) mass is 482 g/mol. The van der Waals surface area contributed by atoms with Crippen molar-refractivity contribution in [3.63, 3.8) is 0 Å². The maximum atomic E-state index is 15.0. The first-order valence-electron chi connectivity index (χ1n) is 10.8. The largest absolute Gasteiger partial charge is 0.370 e. The van der Waals surface area contributed by atoms with Gasteiger partial charge < -0.3 is 14.4 Å². The molecule has 3 aromatic heterocycles. The summed E-state index contributed by atoms with van der Waals surface area (Å²) in [5, 5.41) is 4.50. The fourth-order valence-corrected chi connectivity index (χ4v) is 4.56. The molecule has 1 saturated heterocycles. The number of anilines is 1. The Morgan fingerprint density at radius 1 is 1.21 bits per heavy atom. The number of halogens is 2. The summed E-state index contributed by atoms with van der Waals surface area (Å²) in [5.41, 5.74) is 2.52. The van der Waals surface area contributed by atoms with E-state index >= 15 is 0 Å². The molecule has 11 heteroatoms. The highest BCUT2D eigenvalue weighted by atomic mass is 35.5. The summed E-state index contributed by atoms with van der Waals surface area (Å²) in [5.74, 6) is -0.0166. The third-order valence-electron chi connectivity index (χ3n) is 6.14. The first kappa shape index (κ1) is 21.2. The van der Waals surface area contributed by atoms with Crippen molar-refractivity contribution in [3.8, 4) is 11.3 Å². The van der Waals surface area contributed by atoms with Gasteiger partial charge in [0.05, 0.1) is 50.0 Å². The van der Waals surface area contributed by atoms with E-state index in [4.69, 9.17) is 26.1 Å². The van der Waals surface area contributed by atoms with Crippen molar-refractivity contribution in [2.75, 3.05) is 24.6 Å². The van der Waals surface area contributed by atoms with E-state index in [0.717, 1.165) is 5.56 Å². The standard InChI is InChI=1S/C23H20ClFN6O3/c1-29-8-13(7-26-29)19-9-30(4-5-34-19)20-10-31-22(27-18-12-33-11-16(18)23(31)32)21(28-20)15-3-2-14(24)6-17(15)25/h2-3,6-8,10,19H,4-5,9,11-12H2,1H3/t19-/m1/s1. The summed E-state index contributed by atoms with van der Waals surface area (Å²) in [4.78, 5) is 24.8. The van der Waals surface area contributed by atoms with Gasteiger partial charge in [0.25, 0.3) is 5.56 Å². The number of morpholine rings is 1. The van der Waals surface area contributed by atoms with Crippen molar-refractivity contribution in [3.05, 3.63) is 74.8 Å². The van der Waals surface area contributed by atoms with Crippen LogP contribution in [-0.4, -0.2) is 43.8 Å². The topological polar surface area (TPSA) is 86.8 Å². The Hall–Kier alpha value is -3.34. The van der Waals surface area contributed by atoms with E-state index < -0.39 is 5.82 Å². The second kappa shape index (κ2) is 8.15. The summed E-state index contributed by atoms with van der Waals surface area (Å²) >= 11 is 5.98. The number of aryl methyl sites for hydroxylation is 1. The highest BCUT2D eigenvalue weighted by Gasteiger charge is 2.27. The summed E-state index contributed by atoms with van der Waals surface area (Å²) in [7, 11) is 1.85. The molecule has 0 spiro atoms. The fourth-order valence-electron chi connectivity index (χ4n) is 4.40. The molecule has 6 rings (SSSR count). The first-order valence-corrected chi connectivity index (χ1v) is 11.2. The summed E-state index contributed by atoms with van der Waals surface area (Å²) in [6, 6.07) is 4.37. The zero-order valence-corrected chi connectivity index (χ0v) is 19.0. The molecule has 4 aromatic rings. The summed E-state index contributed by atoms with van der Waals surface area (Å²) in [6.45, 7) is 1.97. The molecule has 1 atom stereocenters. The normalized spacial score (nSPS) is 18.0. The van der Waals surface area contributed by atoms with Crippen LogP contribution in [0, 0.1) is 5.82 Å². The van der Waals surface area contributed by atoms with Gasteiger partial charge in [0, 0.05) is 35.9 Å². The summed E-state index contributed by atoms with van der Waals surface area (Å²) < 4.78 is 29.5. The van der Waals surface area contributed by atoms with Gasteiger partial charge >= 0.3 is 0 Å². The zero-order valence-electron chi connectivity index (χ0n) is 18.2. The van der Waals surface area contributed by atoms with Gasteiger partial charge in [0.2, 0.25) is 0 Å². The molecule has 2 aliphatic rings. The van der Waals surface area contributed by atoms with E-state index in [0.29, 0.717) is 36.8 Å². The van der Waals surface area contributed by atoms with E-state index in [1.165, 1.54) is 10.5 Å². The quantitative estimate of drug-likeness (QED) is 0.443. The van der Waals surface area contributed by atoms with E-state index in [2.05, 4.69) is 10.1 Å². The van der Waals surface area contributed by atoms with Gasteiger partial charge in [0.1, 0.15) is 23.4 Å². The van der Waals surface area contributed by atoms with E-state index in [9.17, 15) is 9.18 Å². The molecule has 0 radical (unpaired) electrons. The molecule has 5 heterocycles. The van der Waals surface area contributed by atoms with Crippen LogP contribution < -0.4 is 10.5 Å². The van der Waals surface area contributed by atoms with Crippen LogP contribution in [0.5, 0.6) is 0 Å². The van der Waals surface area contributed by atoms with Crippen molar-refractivity contribution >= 4 is 23.1 Å². The number of ether oxygens (including phenoxy) is 2. The molecule has 0 aliphatic carbocycles. The molecule has 1 fully saturated rings. The Morgan fingerprint density at radius 3 is 2.88 bits per heavy atom. The van der Waals surface area contributed by atoms with Gasteiger partial charge in [-0.2, -0.15) is 5.10 Å². The van der Waals surface area contributed by atoms with Crippen LogP contribution in [0.1, 0.15) is 22.9 Å². The van der Waals surface area contributed by atoms with Crippen LogP contribution in [0.2, 0.25) is 5.02 Å². The maximum absolute atomic E-state index is 15.0. The molecular weight excluding hydrogens is 463 g/mol. The van der Waals surface area contributed by atoms with Crippen molar-refractivity contribution in [2.45, 2.75) is 19.3 Å². The number of hydrogen-bond donors (Lipinski definition) is 0. The number of aromatic nitrogens is 5. The lowest BCUT2D eigenvalue weighted by Crippen LogP contribution is -2.39. The number of fused-ring (bicyclic) bond motifs is 2. The Bertz CT molecular complexity index is 1490. The minimum atomic E-state index is -0.541. The summed E-state index contributed by atoms with van der Waals surface area (Å²) in [6.07, 6.45) is 5.13. The van der Waals surface area contributed by atoms with Crippen molar-refractivity contribution in [1.82, 2.24) is 24.1 Å². The van der Waals surface area contributed by atoms with Crippen LogP contribution in [0.4, 0.5) is 10.2 Å². The predicted octanol–water partition coefficient (Wildman–Crippen LogP) is 2.89. The number of rotatable bonds is 3. The Kier molecular flexibility index (Phi) is 5.09. The molecule has 0 N–H and O–H groups in total. The lowest BCUT2D eigenvalue weighted by Gasteiger charge is -2.33. The number of nitrogens with zero attached hydrogens (tertiary/aromatic N) is 6. The zero-order chi connectivity index (χ0) is 23.4. The van der Waals surface area contributed by atoms with E-state index in [-0.39, 0.29) is 46.8 Å². The molecule has 9 nitrogen and oxygen atoms in total. The predicted molar refractivity (Wildman–Crippen MR) is 122 cm³/mol. The van der Waals surface area contributed by atoms with Crippen LogP contribution in [0.15, 0.2) is 41.6 Å². The van der Waals surface area contributed by atoms with Crippen molar-refractivity contribution in [2.24, 2.45) is 7.05 Å². The van der Waals surface area contributed by atoms with Gasteiger partial charge in [-0.05, 0) is 18.2 Å². The molecule has 1 aromatic carbocycles. The SMILES string of the molecule is Cn1cc([C@H]2CN(c3cn4c(=O)c5c(nc4c(-c4ccc(Cl)cc4F)n3)COC5)CCO2)cn1. The smallest absolute Gasteiger partial charge is 0.263 e. The Labute approximate surface area is 198 Å². The molecule has 0 saturated carbocycles. The Morgan fingerprint density at radius 2 is 2.09 bits per heavy atom. The Balaban J connectivity index is 1.52. The van der Waals surface area contributed by atoms with Gasteiger partial charge in [-0.15, -0.1) is 0 Å². The minimum absolute atomic E-state index is 0.201. The number of benzene rings is 1. The highest BCUT2D eigenvalue weighted by molar-refractivity contribution is 6.30.